The highest BCUT2D eigenvalue weighted by atomic mass is 16.6. The van der Waals surface area contributed by atoms with Crippen LogP contribution in [0.2, 0.25) is 0 Å². The molecule has 2 aromatic carbocycles. The lowest BCUT2D eigenvalue weighted by Crippen LogP contribution is -2.33. The van der Waals surface area contributed by atoms with E-state index in [1.165, 1.54) is 0 Å². The highest BCUT2D eigenvalue weighted by molar-refractivity contribution is 6.00. The highest BCUT2D eigenvalue weighted by Crippen LogP contribution is 2.31. The molecule has 6 heteroatoms. The van der Waals surface area contributed by atoms with Gasteiger partial charge in [-0.3, -0.25) is 4.79 Å². The first-order valence-corrected chi connectivity index (χ1v) is 10.7. The number of Topliss-reactive ketones (excluding diaryl/α,β-unsaturated/α-hetero) is 1. The first-order chi connectivity index (χ1) is 15.3. The summed E-state index contributed by atoms with van der Waals surface area (Å²) < 4.78 is 19.2. The summed E-state index contributed by atoms with van der Waals surface area (Å²) in [6, 6.07) is 15.0. The molecular formula is C26H27NO5. The van der Waals surface area contributed by atoms with Gasteiger partial charge in [0.2, 0.25) is 5.78 Å². The molecule has 0 bridgehead atoms. The Bertz CT molecular complexity index is 1180. The van der Waals surface area contributed by atoms with E-state index in [-0.39, 0.29) is 18.5 Å². The zero-order chi connectivity index (χ0) is 22.8. The number of carbonyl (C=O) groups excluding carboxylic acids is 2. The molecule has 0 N–H and O–H groups in total. The predicted molar refractivity (Wildman–Crippen MR) is 121 cm³/mol. The maximum atomic E-state index is 12.8. The fourth-order valence-electron chi connectivity index (χ4n) is 3.96. The van der Waals surface area contributed by atoms with Gasteiger partial charge < -0.3 is 18.8 Å². The number of para-hydroxylation sites is 2. The van der Waals surface area contributed by atoms with Gasteiger partial charge >= 0.3 is 5.97 Å². The van der Waals surface area contributed by atoms with E-state index in [2.05, 4.69) is 0 Å². The van der Waals surface area contributed by atoms with Crippen LogP contribution in [0.15, 0.2) is 48.5 Å². The van der Waals surface area contributed by atoms with Gasteiger partial charge in [-0.1, -0.05) is 29.8 Å². The summed E-state index contributed by atoms with van der Waals surface area (Å²) in [5.41, 5.74) is 4.58. The molecule has 4 rings (SSSR count). The van der Waals surface area contributed by atoms with Crippen LogP contribution in [-0.2, 0) is 11.3 Å². The zero-order valence-electron chi connectivity index (χ0n) is 18.8. The summed E-state index contributed by atoms with van der Waals surface area (Å²) in [6.07, 6.45) is -0.167. The summed E-state index contributed by atoms with van der Waals surface area (Å²) in [6.45, 7) is 8.30. The van der Waals surface area contributed by atoms with E-state index < -0.39 is 5.97 Å². The smallest absolute Gasteiger partial charge is 0.338 e. The van der Waals surface area contributed by atoms with E-state index in [1.807, 2.05) is 74.7 Å². The number of aryl methyl sites for hydroxylation is 3. The van der Waals surface area contributed by atoms with Crippen molar-refractivity contribution in [1.29, 1.82) is 0 Å². The van der Waals surface area contributed by atoms with Crippen molar-refractivity contribution in [2.75, 3.05) is 13.2 Å². The van der Waals surface area contributed by atoms with Crippen molar-refractivity contribution >= 4 is 11.8 Å². The van der Waals surface area contributed by atoms with E-state index >= 15 is 0 Å². The maximum Gasteiger partial charge on any atom is 0.338 e. The molecule has 1 unspecified atom stereocenters. The number of ether oxygens (including phenoxy) is 3. The first kappa shape index (κ1) is 21.7. The molecule has 0 saturated heterocycles. The Morgan fingerprint density at radius 3 is 2.53 bits per heavy atom. The molecule has 166 valence electrons. The quantitative estimate of drug-likeness (QED) is 0.420. The summed E-state index contributed by atoms with van der Waals surface area (Å²) in [7, 11) is 0. The molecule has 1 aliphatic rings. The molecule has 1 aromatic heterocycles. The van der Waals surface area contributed by atoms with Crippen LogP contribution < -0.4 is 9.47 Å². The number of carbonyl (C=O) groups is 2. The van der Waals surface area contributed by atoms with Crippen LogP contribution in [0, 0.1) is 27.7 Å². The Morgan fingerprint density at radius 1 is 1.00 bits per heavy atom. The predicted octanol–water partition coefficient (Wildman–Crippen LogP) is 4.60. The number of rotatable bonds is 6. The zero-order valence-corrected chi connectivity index (χ0v) is 18.8. The van der Waals surface area contributed by atoms with Crippen molar-refractivity contribution in [1.82, 2.24) is 4.57 Å². The Kier molecular flexibility index (Phi) is 6.04. The fraction of sp³-hybridized carbons (Fsp3) is 0.308. The van der Waals surface area contributed by atoms with Crippen LogP contribution in [0.4, 0.5) is 0 Å². The third-order valence-electron chi connectivity index (χ3n) is 5.78. The molecule has 0 fully saturated rings. The average Bonchev–Trinajstić information content (AvgIpc) is 3.07. The minimum Gasteiger partial charge on any atom is -0.486 e. The van der Waals surface area contributed by atoms with Gasteiger partial charge in [-0.2, -0.15) is 0 Å². The van der Waals surface area contributed by atoms with Gasteiger partial charge in [-0.05, 0) is 57.5 Å². The number of hydrogen-bond acceptors (Lipinski definition) is 5. The second-order valence-electron chi connectivity index (χ2n) is 8.21. The third-order valence-corrected chi connectivity index (χ3v) is 5.78. The van der Waals surface area contributed by atoms with Gasteiger partial charge in [0.05, 0.1) is 12.1 Å². The Morgan fingerprint density at radius 2 is 1.75 bits per heavy atom. The molecular weight excluding hydrogens is 406 g/mol. The lowest BCUT2D eigenvalue weighted by atomic mass is 10.1. The number of nitrogens with zero attached hydrogens (tertiary/aromatic N) is 1. The third kappa shape index (κ3) is 4.40. The molecule has 1 aliphatic heterocycles. The van der Waals surface area contributed by atoms with Gasteiger partial charge in [-0.25, -0.2) is 4.79 Å². The summed E-state index contributed by atoms with van der Waals surface area (Å²) in [4.78, 5) is 25.3. The number of hydrogen-bond donors (Lipinski definition) is 0. The summed E-state index contributed by atoms with van der Waals surface area (Å²) in [5.74, 6) is 0.751. The van der Waals surface area contributed by atoms with Crippen LogP contribution in [-0.4, -0.2) is 35.6 Å². The topological polar surface area (TPSA) is 66.8 Å². The lowest BCUT2D eigenvalue weighted by Gasteiger charge is -2.27. The van der Waals surface area contributed by atoms with Crippen molar-refractivity contribution < 1.29 is 23.8 Å². The number of ketones is 1. The van der Waals surface area contributed by atoms with Crippen LogP contribution in [0.25, 0.3) is 0 Å². The van der Waals surface area contributed by atoms with Crippen LogP contribution in [0.1, 0.15) is 43.2 Å². The van der Waals surface area contributed by atoms with Gasteiger partial charge in [0, 0.05) is 17.0 Å². The van der Waals surface area contributed by atoms with Crippen molar-refractivity contribution in [2.24, 2.45) is 0 Å². The van der Waals surface area contributed by atoms with E-state index in [1.54, 1.807) is 6.07 Å². The largest absolute Gasteiger partial charge is 0.486 e. The van der Waals surface area contributed by atoms with Crippen LogP contribution in [0.5, 0.6) is 11.5 Å². The summed E-state index contributed by atoms with van der Waals surface area (Å²) in [5, 5.41) is 0. The van der Waals surface area contributed by atoms with E-state index in [0.29, 0.717) is 24.3 Å². The Hall–Kier alpha value is -3.54. The van der Waals surface area contributed by atoms with Gasteiger partial charge in [0.1, 0.15) is 6.61 Å². The standard InChI is InChI=1S/C26H27NO5/c1-16-9-10-17(2)21(11-16)26(29)31-15-23(28)22-12-18(3)27(19(22)4)13-20-14-30-24-7-5-6-8-25(24)32-20/h5-12,20H,13-15H2,1-4H3. The van der Waals surface area contributed by atoms with Gasteiger partial charge in [0.25, 0.3) is 0 Å². The SMILES string of the molecule is Cc1ccc(C)c(C(=O)OCC(=O)c2cc(C)n(CC3COc4ccccc4O3)c2C)c1. The van der Waals surface area contributed by atoms with Crippen molar-refractivity contribution in [2.45, 2.75) is 40.3 Å². The highest BCUT2D eigenvalue weighted by Gasteiger charge is 2.24. The number of benzene rings is 2. The van der Waals surface area contributed by atoms with Crippen molar-refractivity contribution in [3.05, 3.63) is 82.2 Å². The number of esters is 1. The minimum atomic E-state index is -0.486. The van der Waals surface area contributed by atoms with E-state index in [9.17, 15) is 9.59 Å². The normalized spacial score (nSPS) is 14.8. The molecule has 32 heavy (non-hydrogen) atoms. The van der Waals surface area contributed by atoms with Gasteiger partial charge in [-0.15, -0.1) is 0 Å². The van der Waals surface area contributed by atoms with E-state index in [0.717, 1.165) is 34.0 Å². The molecule has 2 heterocycles. The second-order valence-corrected chi connectivity index (χ2v) is 8.21. The van der Waals surface area contributed by atoms with Crippen LogP contribution in [0.3, 0.4) is 0 Å². The molecule has 0 spiro atoms. The fourth-order valence-corrected chi connectivity index (χ4v) is 3.96. The molecule has 0 aliphatic carbocycles. The Balaban J connectivity index is 1.43. The number of fused-ring (bicyclic) bond motifs is 1. The molecule has 0 radical (unpaired) electrons. The first-order valence-electron chi connectivity index (χ1n) is 10.7. The molecule has 0 amide bonds. The van der Waals surface area contributed by atoms with Crippen LogP contribution >= 0.6 is 0 Å². The Labute approximate surface area is 187 Å². The maximum absolute atomic E-state index is 12.8. The van der Waals surface area contributed by atoms with Gasteiger partial charge in [0.15, 0.2) is 24.2 Å². The molecule has 3 aromatic rings. The second kappa shape index (κ2) is 8.91. The molecule has 6 nitrogen and oxygen atoms in total. The van der Waals surface area contributed by atoms with E-state index in [4.69, 9.17) is 14.2 Å². The van der Waals surface area contributed by atoms with Crippen molar-refractivity contribution in [3.63, 3.8) is 0 Å². The molecule has 0 saturated carbocycles. The lowest BCUT2D eigenvalue weighted by molar-refractivity contribution is 0.0473. The summed E-state index contributed by atoms with van der Waals surface area (Å²) >= 11 is 0. The average molecular weight is 434 g/mol. The number of aromatic nitrogens is 1. The van der Waals surface area contributed by atoms with Crippen molar-refractivity contribution in [3.8, 4) is 11.5 Å². The minimum absolute atomic E-state index is 0.167. The monoisotopic (exact) mass is 433 g/mol. The molecule has 1 atom stereocenters.